The van der Waals surface area contributed by atoms with Gasteiger partial charge in [0.25, 0.3) is 0 Å². The Morgan fingerprint density at radius 1 is 1.12 bits per heavy atom. The Kier molecular flexibility index (Phi) is 8.95. The van der Waals surface area contributed by atoms with Gasteiger partial charge in [0.15, 0.2) is 0 Å². The van der Waals surface area contributed by atoms with Crippen LogP contribution in [0.5, 0.6) is 0 Å². The van der Waals surface area contributed by atoms with Crippen LogP contribution in [0.3, 0.4) is 0 Å². The third-order valence-corrected chi connectivity index (χ3v) is 3.60. The molecule has 0 aromatic carbocycles. The van der Waals surface area contributed by atoms with E-state index in [-0.39, 0.29) is 27.8 Å². The van der Waals surface area contributed by atoms with Crippen LogP contribution >= 0.6 is 25.5 Å². The minimum atomic E-state index is -2.82. The molecule has 0 aliphatic carbocycles. The quantitative estimate of drug-likeness (QED) is 0.595. The molecule has 0 aliphatic heterocycles. The van der Waals surface area contributed by atoms with E-state index in [1.807, 2.05) is 0 Å². The molecule has 0 aromatic rings. The summed E-state index contributed by atoms with van der Waals surface area (Å²) in [5, 5.41) is 0. The van der Waals surface area contributed by atoms with Gasteiger partial charge in [0.1, 0.15) is 0 Å². The fourth-order valence-electron chi connectivity index (χ4n) is 0.0544. The summed E-state index contributed by atoms with van der Waals surface area (Å²) in [6.45, 7) is 0. The molecule has 8 heavy (non-hydrogen) atoms. The maximum Gasteiger partial charge on any atom is 0.438 e. The molecule has 0 aliphatic rings. The van der Waals surface area contributed by atoms with Gasteiger partial charge in [0.2, 0.25) is 0 Å². The first kappa shape index (κ1) is 11.7. The van der Waals surface area contributed by atoms with Crippen molar-refractivity contribution in [3.05, 3.63) is 0 Å². The second-order valence-electron chi connectivity index (χ2n) is 0.529. The molecule has 2 unspecified atom stereocenters. The first-order chi connectivity index (χ1) is 3.13. The van der Waals surface area contributed by atoms with Crippen LogP contribution in [0.2, 0.25) is 0 Å². The van der Waals surface area contributed by atoms with Crippen molar-refractivity contribution in [1.82, 2.24) is 0 Å². The monoisotopic (exact) mass is 217 g/mol. The minimum absolute atomic E-state index is 0. The van der Waals surface area contributed by atoms with E-state index < -0.39 is 14.5 Å². The van der Waals surface area contributed by atoms with Gasteiger partial charge < -0.3 is 9.79 Å². The molecule has 0 rings (SSSR count). The van der Waals surface area contributed by atoms with Gasteiger partial charge in [0, 0.05) is 16.8 Å². The first-order valence-corrected chi connectivity index (χ1v) is 5.48. The largest absolute Gasteiger partial charge is 0.581 e. The molecule has 0 spiro atoms. The van der Waals surface area contributed by atoms with E-state index in [1.54, 1.807) is 0 Å². The zero-order valence-corrected chi connectivity index (χ0v) is 6.92. The van der Waals surface area contributed by atoms with Crippen LogP contribution in [0.15, 0.2) is 0 Å². The Morgan fingerprint density at radius 3 is 1.38 bits per heavy atom. The summed E-state index contributed by atoms with van der Waals surface area (Å²) < 4.78 is 18.9. The average molecular weight is 217 g/mol. The Bertz CT molecular complexity index is 90.2. The van der Waals surface area contributed by atoms with E-state index in [0.29, 0.717) is 0 Å². The molecular weight excluding hydrogens is 217 g/mol. The second kappa shape index (κ2) is 6.10. The van der Waals surface area contributed by atoms with Gasteiger partial charge in [0.05, 0.1) is 0 Å². The molecule has 8 heteroatoms. The van der Waals surface area contributed by atoms with Gasteiger partial charge >= 0.3 is 25.5 Å². The summed E-state index contributed by atoms with van der Waals surface area (Å²) in [5.41, 5.74) is 0. The predicted molar refractivity (Wildman–Crippen MR) is 22.8 cm³/mol. The molecule has 49 valence electrons. The maximum absolute atomic E-state index is 9.43. The molecule has 0 N–H and O–H groups in total. The topological polar surface area (TPSA) is 80.3 Å². The Balaban J connectivity index is 0. The Morgan fingerprint density at radius 2 is 1.38 bits per heavy atom. The smallest absolute Gasteiger partial charge is 0.438 e. The fraction of sp³-hybridized carbons (Fsp3) is 0. The van der Waals surface area contributed by atoms with Gasteiger partial charge in [-0.25, -0.2) is 0 Å². The molecule has 0 saturated carbocycles. The molecule has 2 atom stereocenters. The summed E-state index contributed by atoms with van der Waals surface area (Å²) in [6, 6.07) is 0. The average Bonchev–Trinajstić information content (AvgIpc) is 1.27. The standard InChI is InChI=1S/Co.O4P2S/c;1-5(2)7-6(3)4. The summed E-state index contributed by atoms with van der Waals surface area (Å²) in [4.78, 5) is 18.9. The molecule has 0 saturated heterocycles. The molecule has 1 radical (unpaired) electrons. The second-order valence-corrected chi connectivity index (χ2v) is 5.34. The molecule has 4 nitrogen and oxygen atoms in total. The van der Waals surface area contributed by atoms with Crippen molar-refractivity contribution in [3.63, 3.8) is 0 Å². The van der Waals surface area contributed by atoms with Crippen molar-refractivity contribution in [3.8, 4) is 0 Å². The first-order valence-electron chi connectivity index (χ1n) is 1.10. The van der Waals surface area contributed by atoms with E-state index in [4.69, 9.17) is 0 Å². The van der Waals surface area contributed by atoms with Crippen LogP contribution in [-0.4, -0.2) is 0 Å². The van der Waals surface area contributed by atoms with Crippen molar-refractivity contribution < 1.29 is 35.7 Å². The number of hydrogen-bond donors (Lipinski definition) is 0. The van der Waals surface area contributed by atoms with Crippen molar-refractivity contribution in [1.29, 1.82) is 0 Å². The maximum atomic E-state index is 9.43. The van der Waals surface area contributed by atoms with Crippen LogP contribution in [0, 0.1) is 0 Å². The summed E-state index contributed by atoms with van der Waals surface area (Å²) in [5.74, 6) is 0. The molecule has 0 aromatic heterocycles. The number of rotatable bonds is 2. The zero-order valence-electron chi connectivity index (χ0n) is 3.27. The molecule has 0 fully saturated rings. The molecule has 0 amide bonds. The van der Waals surface area contributed by atoms with Gasteiger partial charge in [-0.1, -0.05) is 9.13 Å². The van der Waals surface area contributed by atoms with Gasteiger partial charge in [-0.05, 0) is 0 Å². The summed E-state index contributed by atoms with van der Waals surface area (Å²) >= 11 is -0.0833. The van der Waals surface area contributed by atoms with E-state index >= 15 is 0 Å². The number of hydrogen-bond acceptors (Lipinski definition) is 5. The molecular formula is CoO4P2S. The van der Waals surface area contributed by atoms with E-state index in [1.165, 1.54) is 0 Å². The van der Waals surface area contributed by atoms with Crippen LogP contribution in [-0.2, 0) is 25.9 Å². The molecule has 0 heterocycles. The van der Waals surface area contributed by atoms with Crippen LogP contribution in [0.4, 0.5) is 0 Å². The summed E-state index contributed by atoms with van der Waals surface area (Å²) in [7, 11) is -5.64. The van der Waals surface area contributed by atoms with E-state index in [0.717, 1.165) is 0 Å². The van der Waals surface area contributed by atoms with Crippen molar-refractivity contribution in [2.45, 2.75) is 0 Å². The van der Waals surface area contributed by atoms with Gasteiger partial charge in [-0.15, -0.1) is 0 Å². The van der Waals surface area contributed by atoms with E-state index in [9.17, 15) is 18.9 Å². The third-order valence-electron chi connectivity index (χ3n) is 0.133. The van der Waals surface area contributed by atoms with Crippen LogP contribution in [0.1, 0.15) is 0 Å². The summed E-state index contributed by atoms with van der Waals surface area (Å²) in [6.07, 6.45) is 0. The van der Waals surface area contributed by atoms with Gasteiger partial charge in [-0.2, -0.15) is 0 Å². The SMILES string of the molecule is O=[P+]([O-])S[P+](=O)[O-].[Co]. The van der Waals surface area contributed by atoms with Crippen molar-refractivity contribution in [2.75, 3.05) is 0 Å². The Hall–Kier alpha value is 0.976. The third kappa shape index (κ3) is 10.1. The van der Waals surface area contributed by atoms with Crippen molar-refractivity contribution >= 4 is 25.5 Å². The van der Waals surface area contributed by atoms with Crippen LogP contribution < -0.4 is 9.79 Å². The van der Waals surface area contributed by atoms with Crippen LogP contribution in [0.25, 0.3) is 0 Å². The Labute approximate surface area is 61.5 Å². The van der Waals surface area contributed by atoms with Crippen molar-refractivity contribution in [2.24, 2.45) is 0 Å². The normalized spacial score (nSPS) is 11.8. The fourth-order valence-corrected chi connectivity index (χ4v) is 1.47. The molecule has 0 bridgehead atoms. The van der Waals surface area contributed by atoms with E-state index in [2.05, 4.69) is 0 Å². The minimum Gasteiger partial charge on any atom is -0.581 e. The predicted octanol–water partition coefficient (Wildman–Crippen LogP) is -0.248. The zero-order chi connectivity index (χ0) is 5.86. The van der Waals surface area contributed by atoms with Gasteiger partial charge in [-0.3, -0.25) is 0 Å².